The number of pyridine rings is 1. The van der Waals surface area contributed by atoms with Gasteiger partial charge in [-0.2, -0.15) is 0 Å². The van der Waals surface area contributed by atoms with Crippen molar-refractivity contribution in [2.24, 2.45) is 0 Å². The van der Waals surface area contributed by atoms with Crippen molar-refractivity contribution in [2.45, 2.75) is 6.92 Å². The van der Waals surface area contributed by atoms with Gasteiger partial charge in [0.25, 0.3) is 5.88 Å². The molecule has 0 bridgehead atoms. The van der Waals surface area contributed by atoms with E-state index in [4.69, 9.17) is 16.3 Å². The van der Waals surface area contributed by atoms with Crippen molar-refractivity contribution < 1.29 is 14.1 Å². The molecular weight excluding hydrogens is 354 g/mol. The first-order valence-electron chi connectivity index (χ1n) is 5.32. The van der Waals surface area contributed by atoms with Crippen LogP contribution < -0.4 is 4.74 Å². The van der Waals surface area contributed by atoms with E-state index >= 15 is 0 Å². The third kappa shape index (κ3) is 3.05. The fourth-order valence-corrected chi connectivity index (χ4v) is 2.26. The average Bonchev–Trinajstić information content (AvgIpc) is 2.34. The van der Waals surface area contributed by atoms with E-state index < -0.39 is 10.7 Å². The summed E-state index contributed by atoms with van der Waals surface area (Å²) in [5, 5.41) is 11.1. The van der Waals surface area contributed by atoms with Gasteiger partial charge in [0.15, 0.2) is 5.82 Å². The zero-order chi connectivity index (χ0) is 14.9. The Kier molecular flexibility index (Phi) is 4.20. The standard InChI is InChI=1S/C12H7BrClFN2O3/c1-6-2-7(13)3-10(17(18)19)11(6)20-12-9(15)4-8(14)5-16-12/h2-5H,1H3. The van der Waals surface area contributed by atoms with Gasteiger partial charge in [-0.15, -0.1) is 0 Å². The van der Waals surface area contributed by atoms with Crippen LogP contribution in [0, 0.1) is 22.9 Å². The van der Waals surface area contributed by atoms with Crippen molar-refractivity contribution in [1.82, 2.24) is 4.98 Å². The van der Waals surface area contributed by atoms with E-state index in [-0.39, 0.29) is 22.3 Å². The van der Waals surface area contributed by atoms with Crippen molar-refractivity contribution in [3.05, 3.63) is 55.4 Å². The van der Waals surface area contributed by atoms with Gasteiger partial charge in [0.1, 0.15) is 0 Å². The second kappa shape index (κ2) is 5.72. The van der Waals surface area contributed by atoms with Gasteiger partial charge in [-0.25, -0.2) is 9.37 Å². The molecule has 5 nitrogen and oxygen atoms in total. The van der Waals surface area contributed by atoms with Crippen LogP contribution in [0.4, 0.5) is 10.1 Å². The summed E-state index contributed by atoms with van der Waals surface area (Å²) in [4.78, 5) is 14.1. The highest BCUT2D eigenvalue weighted by Gasteiger charge is 2.21. The molecule has 0 spiro atoms. The molecule has 0 unspecified atom stereocenters. The molecule has 0 aliphatic rings. The molecule has 0 fully saturated rings. The SMILES string of the molecule is Cc1cc(Br)cc([N+](=O)[O-])c1Oc1ncc(Cl)cc1F. The quantitative estimate of drug-likeness (QED) is 0.590. The Hall–Kier alpha value is -1.73. The van der Waals surface area contributed by atoms with Crippen LogP contribution in [0.3, 0.4) is 0 Å². The zero-order valence-corrected chi connectivity index (χ0v) is 12.4. The summed E-state index contributed by atoms with van der Waals surface area (Å²) in [6.45, 7) is 1.61. The molecule has 104 valence electrons. The third-order valence-corrected chi connectivity index (χ3v) is 3.05. The number of nitro groups is 1. The van der Waals surface area contributed by atoms with Crippen LogP contribution in [-0.2, 0) is 0 Å². The predicted molar refractivity (Wildman–Crippen MR) is 74.8 cm³/mol. The highest BCUT2D eigenvalue weighted by molar-refractivity contribution is 9.10. The first kappa shape index (κ1) is 14.7. The summed E-state index contributed by atoms with van der Waals surface area (Å²) in [6, 6.07) is 3.91. The summed E-state index contributed by atoms with van der Waals surface area (Å²) in [5.41, 5.74) is 0.190. The molecule has 2 aromatic rings. The number of hydrogen-bond donors (Lipinski definition) is 0. The summed E-state index contributed by atoms with van der Waals surface area (Å²) >= 11 is 8.74. The first-order chi connectivity index (χ1) is 9.38. The summed E-state index contributed by atoms with van der Waals surface area (Å²) in [7, 11) is 0. The van der Waals surface area contributed by atoms with Gasteiger partial charge in [-0.1, -0.05) is 27.5 Å². The monoisotopic (exact) mass is 360 g/mol. The number of benzene rings is 1. The molecule has 2 rings (SSSR count). The maximum atomic E-state index is 13.6. The molecule has 0 atom stereocenters. The molecule has 0 radical (unpaired) electrons. The van der Waals surface area contributed by atoms with E-state index in [1.54, 1.807) is 13.0 Å². The Labute approximate surface area is 126 Å². The number of aromatic nitrogens is 1. The summed E-state index contributed by atoms with van der Waals surface area (Å²) in [5.74, 6) is -1.23. The van der Waals surface area contributed by atoms with Gasteiger partial charge in [0.2, 0.25) is 5.75 Å². The number of halogens is 3. The van der Waals surface area contributed by atoms with Gasteiger partial charge >= 0.3 is 5.69 Å². The van der Waals surface area contributed by atoms with Crippen molar-refractivity contribution in [1.29, 1.82) is 0 Å². The van der Waals surface area contributed by atoms with Crippen LogP contribution in [0.15, 0.2) is 28.9 Å². The highest BCUT2D eigenvalue weighted by Crippen LogP contribution is 2.37. The summed E-state index contributed by atoms with van der Waals surface area (Å²) in [6.07, 6.45) is 1.19. The minimum absolute atomic E-state index is 0.0630. The Bertz CT molecular complexity index is 697. The van der Waals surface area contributed by atoms with Crippen molar-refractivity contribution in [2.75, 3.05) is 0 Å². The number of hydrogen-bond acceptors (Lipinski definition) is 4. The Morgan fingerprint density at radius 2 is 2.15 bits per heavy atom. The van der Waals surface area contributed by atoms with Crippen LogP contribution >= 0.6 is 27.5 Å². The van der Waals surface area contributed by atoms with Gasteiger partial charge in [0.05, 0.1) is 9.95 Å². The predicted octanol–water partition coefficient (Wildman–Crippen LogP) is 4.65. The lowest BCUT2D eigenvalue weighted by Gasteiger charge is -2.09. The molecule has 0 aliphatic carbocycles. The van der Waals surface area contributed by atoms with Crippen LogP contribution in [0.5, 0.6) is 11.6 Å². The Morgan fingerprint density at radius 3 is 2.75 bits per heavy atom. The molecule has 8 heteroatoms. The molecule has 0 saturated heterocycles. The van der Waals surface area contributed by atoms with Gasteiger partial charge in [-0.3, -0.25) is 10.1 Å². The smallest absolute Gasteiger partial charge is 0.313 e. The van der Waals surface area contributed by atoms with Crippen molar-refractivity contribution in [3.63, 3.8) is 0 Å². The molecule has 1 aromatic carbocycles. The molecule has 1 aromatic heterocycles. The maximum Gasteiger partial charge on any atom is 0.313 e. The van der Waals surface area contributed by atoms with E-state index in [2.05, 4.69) is 20.9 Å². The minimum atomic E-state index is -0.797. The highest BCUT2D eigenvalue weighted by atomic mass is 79.9. The lowest BCUT2D eigenvalue weighted by Crippen LogP contribution is -1.98. The zero-order valence-electron chi connectivity index (χ0n) is 10.1. The van der Waals surface area contributed by atoms with E-state index in [9.17, 15) is 14.5 Å². The number of rotatable bonds is 3. The van der Waals surface area contributed by atoms with Crippen LogP contribution in [-0.4, -0.2) is 9.91 Å². The van der Waals surface area contributed by atoms with Crippen LogP contribution in [0.2, 0.25) is 5.02 Å². The number of ether oxygens (including phenoxy) is 1. The molecule has 20 heavy (non-hydrogen) atoms. The maximum absolute atomic E-state index is 13.6. The molecular formula is C12H7BrClFN2O3. The van der Waals surface area contributed by atoms with Crippen molar-refractivity contribution in [3.8, 4) is 11.6 Å². The average molecular weight is 362 g/mol. The fraction of sp³-hybridized carbons (Fsp3) is 0.0833. The second-order valence-electron chi connectivity index (χ2n) is 3.87. The molecule has 0 aliphatic heterocycles. The van der Waals surface area contributed by atoms with Gasteiger partial charge in [-0.05, 0) is 19.1 Å². The Balaban J connectivity index is 2.50. The lowest BCUT2D eigenvalue weighted by molar-refractivity contribution is -0.385. The van der Waals surface area contributed by atoms with E-state index in [1.807, 2.05) is 0 Å². The molecule has 0 N–H and O–H groups in total. The summed E-state index contributed by atoms with van der Waals surface area (Å²) < 4.78 is 19.4. The van der Waals surface area contributed by atoms with Crippen LogP contribution in [0.25, 0.3) is 0 Å². The lowest BCUT2D eigenvalue weighted by atomic mass is 10.2. The fourth-order valence-electron chi connectivity index (χ4n) is 1.55. The molecule has 0 saturated carbocycles. The first-order valence-corrected chi connectivity index (χ1v) is 6.49. The normalized spacial score (nSPS) is 10.4. The third-order valence-electron chi connectivity index (χ3n) is 2.39. The minimum Gasteiger partial charge on any atom is -0.429 e. The number of nitrogens with zero attached hydrogens (tertiary/aromatic N) is 2. The number of nitro benzene ring substituents is 1. The topological polar surface area (TPSA) is 65.3 Å². The Morgan fingerprint density at radius 1 is 1.45 bits per heavy atom. The van der Waals surface area contributed by atoms with Crippen LogP contribution in [0.1, 0.15) is 5.56 Å². The number of aryl methyl sites for hydroxylation is 1. The van der Waals surface area contributed by atoms with Crippen molar-refractivity contribution >= 4 is 33.2 Å². The van der Waals surface area contributed by atoms with Gasteiger partial charge < -0.3 is 4.74 Å². The molecule has 1 heterocycles. The van der Waals surface area contributed by atoms with Gasteiger partial charge in [0, 0.05) is 22.3 Å². The largest absolute Gasteiger partial charge is 0.429 e. The van der Waals surface area contributed by atoms with E-state index in [0.29, 0.717) is 10.0 Å². The second-order valence-corrected chi connectivity index (χ2v) is 5.22. The van der Waals surface area contributed by atoms with E-state index in [1.165, 1.54) is 12.3 Å². The molecule has 0 amide bonds. The van der Waals surface area contributed by atoms with E-state index in [0.717, 1.165) is 6.07 Å².